The molecule has 1 unspecified atom stereocenters. The van der Waals surface area contributed by atoms with E-state index in [0.717, 1.165) is 17.0 Å². The van der Waals surface area contributed by atoms with E-state index in [1.165, 1.54) is 12.1 Å². The van der Waals surface area contributed by atoms with Crippen LogP contribution in [0.3, 0.4) is 0 Å². The fraction of sp³-hybridized carbons (Fsp3) is 0.167. The molecule has 0 aliphatic heterocycles. The Morgan fingerprint density at radius 3 is 2.79 bits per heavy atom. The maximum Gasteiger partial charge on any atom is 0.324 e. The summed E-state index contributed by atoms with van der Waals surface area (Å²) in [6.07, 6.45) is 1.65. The number of rotatable bonds is 4. The van der Waals surface area contributed by atoms with Crippen molar-refractivity contribution < 1.29 is 9.72 Å². The fourth-order valence-corrected chi connectivity index (χ4v) is 2.25. The molecule has 0 fully saturated rings. The highest BCUT2D eigenvalue weighted by Crippen LogP contribution is 2.24. The van der Waals surface area contributed by atoms with Crippen LogP contribution in [0.5, 0.6) is 0 Å². The monoisotopic (exact) mass is 277 g/mol. The van der Waals surface area contributed by atoms with Crippen molar-refractivity contribution in [1.29, 1.82) is 0 Å². The van der Waals surface area contributed by atoms with Gasteiger partial charge in [0, 0.05) is 12.3 Å². The number of carbonyl (C=O) groups is 1. The van der Waals surface area contributed by atoms with Gasteiger partial charge in [0.05, 0.1) is 21.5 Å². The van der Waals surface area contributed by atoms with Crippen LogP contribution in [0.2, 0.25) is 0 Å². The summed E-state index contributed by atoms with van der Waals surface area (Å²) in [5.74, 6) is -0.337. The van der Waals surface area contributed by atoms with Crippen LogP contribution in [0, 0.1) is 10.1 Å². The second kappa shape index (κ2) is 5.57. The van der Waals surface area contributed by atoms with Crippen LogP contribution < -0.4 is 5.32 Å². The molecule has 2 heterocycles. The molecule has 7 heteroatoms. The quantitative estimate of drug-likeness (QED) is 0.687. The molecule has 0 radical (unpaired) electrons. The molecule has 0 saturated heterocycles. The summed E-state index contributed by atoms with van der Waals surface area (Å²) in [6.45, 7) is 1.81. The zero-order valence-corrected chi connectivity index (χ0v) is 10.9. The second-order valence-electron chi connectivity index (χ2n) is 3.84. The van der Waals surface area contributed by atoms with Crippen LogP contribution in [-0.2, 0) is 0 Å². The number of hydrogen-bond acceptors (Lipinski definition) is 5. The van der Waals surface area contributed by atoms with Crippen LogP contribution in [-0.4, -0.2) is 15.8 Å². The highest BCUT2D eigenvalue weighted by molar-refractivity contribution is 7.17. The van der Waals surface area contributed by atoms with Gasteiger partial charge < -0.3 is 5.32 Å². The Morgan fingerprint density at radius 1 is 1.42 bits per heavy atom. The lowest BCUT2D eigenvalue weighted by Crippen LogP contribution is -2.26. The van der Waals surface area contributed by atoms with Crippen LogP contribution in [0.25, 0.3) is 0 Å². The Bertz CT molecular complexity index is 597. The standard InChI is InChI=1S/C12H11N3O3S/c1-8(9-4-2-3-7-13-9)14-12(16)10-5-6-11(19-10)15(17)18/h2-8H,1H3,(H,14,16). The zero-order valence-electron chi connectivity index (χ0n) is 10.1. The molecule has 1 N–H and O–H groups in total. The minimum Gasteiger partial charge on any atom is -0.343 e. The van der Waals surface area contributed by atoms with E-state index in [4.69, 9.17) is 0 Å². The smallest absolute Gasteiger partial charge is 0.324 e. The molecule has 2 aromatic heterocycles. The van der Waals surface area contributed by atoms with Gasteiger partial charge in [-0.3, -0.25) is 19.9 Å². The summed E-state index contributed by atoms with van der Waals surface area (Å²) in [6, 6.07) is 7.95. The Balaban J connectivity index is 2.06. The van der Waals surface area contributed by atoms with Gasteiger partial charge in [0.25, 0.3) is 5.91 Å². The first kappa shape index (κ1) is 13.2. The third-order valence-electron chi connectivity index (χ3n) is 2.47. The number of hydrogen-bond donors (Lipinski definition) is 1. The van der Waals surface area contributed by atoms with Gasteiger partial charge in [0.15, 0.2) is 0 Å². The average molecular weight is 277 g/mol. The van der Waals surface area contributed by atoms with Crippen molar-refractivity contribution in [2.75, 3.05) is 0 Å². The number of aromatic nitrogens is 1. The van der Waals surface area contributed by atoms with Crippen molar-refractivity contribution in [3.8, 4) is 0 Å². The van der Waals surface area contributed by atoms with E-state index in [1.54, 1.807) is 12.3 Å². The predicted molar refractivity (Wildman–Crippen MR) is 71.1 cm³/mol. The van der Waals surface area contributed by atoms with Crippen molar-refractivity contribution in [1.82, 2.24) is 10.3 Å². The van der Waals surface area contributed by atoms with Crippen molar-refractivity contribution in [3.05, 3.63) is 57.2 Å². The Kier molecular flexibility index (Phi) is 3.86. The van der Waals surface area contributed by atoms with Gasteiger partial charge in [-0.25, -0.2) is 0 Å². The number of thiophene rings is 1. The minimum atomic E-state index is -0.510. The van der Waals surface area contributed by atoms with E-state index >= 15 is 0 Å². The Labute approximate surface area is 113 Å². The number of nitro groups is 1. The number of amides is 1. The molecule has 19 heavy (non-hydrogen) atoms. The van der Waals surface area contributed by atoms with Crippen LogP contribution in [0.15, 0.2) is 36.5 Å². The molecule has 2 aromatic rings. The number of nitrogens with zero attached hydrogens (tertiary/aromatic N) is 2. The van der Waals surface area contributed by atoms with E-state index < -0.39 is 4.92 Å². The molecular formula is C12H11N3O3S. The third kappa shape index (κ3) is 3.14. The molecule has 6 nitrogen and oxygen atoms in total. The lowest BCUT2D eigenvalue weighted by molar-refractivity contribution is -0.380. The molecule has 0 spiro atoms. The zero-order chi connectivity index (χ0) is 13.8. The van der Waals surface area contributed by atoms with Crippen LogP contribution in [0.4, 0.5) is 5.00 Å². The van der Waals surface area contributed by atoms with Gasteiger partial charge in [-0.1, -0.05) is 17.4 Å². The van der Waals surface area contributed by atoms with Crippen molar-refractivity contribution >= 4 is 22.2 Å². The summed E-state index contributed by atoms with van der Waals surface area (Å²) in [4.78, 5) is 26.4. The molecule has 98 valence electrons. The summed E-state index contributed by atoms with van der Waals surface area (Å²) in [5, 5.41) is 13.3. The van der Waals surface area contributed by atoms with Gasteiger partial charge in [-0.15, -0.1) is 0 Å². The molecule has 0 aliphatic rings. The highest BCUT2D eigenvalue weighted by atomic mass is 32.1. The van der Waals surface area contributed by atoms with E-state index in [9.17, 15) is 14.9 Å². The molecule has 0 bridgehead atoms. The number of carbonyl (C=O) groups excluding carboxylic acids is 1. The van der Waals surface area contributed by atoms with Crippen molar-refractivity contribution in [2.45, 2.75) is 13.0 Å². The average Bonchev–Trinajstić information content (AvgIpc) is 2.89. The van der Waals surface area contributed by atoms with Crippen LogP contribution >= 0.6 is 11.3 Å². The Hall–Kier alpha value is -2.28. The summed E-state index contributed by atoms with van der Waals surface area (Å²) < 4.78 is 0. The first-order valence-corrected chi connectivity index (χ1v) is 6.35. The first-order chi connectivity index (χ1) is 9.08. The molecule has 2 rings (SSSR count). The van der Waals surface area contributed by atoms with Crippen molar-refractivity contribution in [3.63, 3.8) is 0 Å². The Morgan fingerprint density at radius 2 is 2.21 bits per heavy atom. The normalized spacial score (nSPS) is 11.8. The molecule has 1 atom stereocenters. The van der Waals surface area contributed by atoms with Gasteiger partial charge >= 0.3 is 5.00 Å². The first-order valence-electron chi connectivity index (χ1n) is 5.54. The fourth-order valence-electron chi connectivity index (χ4n) is 1.52. The van der Waals surface area contributed by atoms with E-state index in [0.29, 0.717) is 4.88 Å². The maximum atomic E-state index is 11.9. The molecule has 1 amide bonds. The predicted octanol–water partition coefficient (Wildman–Crippen LogP) is 2.54. The third-order valence-corrected chi connectivity index (χ3v) is 3.51. The lowest BCUT2D eigenvalue weighted by atomic mass is 10.2. The summed E-state index contributed by atoms with van der Waals surface area (Å²) in [7, 11) is 0. The van der Waals surface area contributed by atoms with E-state index in [-0.39, 0.29) is 17.0 Å². The molecule has 0 saturated carbocycles. The topological polar surface area (TPSA) is 85.1 Å². The van der Waals surface area contributed by atoms with Crippen LogP contribution in [0.1, 0.15) is 28.3 Å². The largest absolute Gasteiger partial charge is 0.343 e. The number of pyridine rings is 1. The van der Waals surface area contributed by atoms with Gasteiger partial charge in [-0.2, -0.15) is 0 Å². The highest BCUT2D eigenvalue weighted by Gasteiger charge is 2.17. The molecule has 0 aromatic carbocycles. The molecule has 0 aliphatic carbocycles. The van der Waals surface area contributed by atoms with Gasteiger partial charge in [0.2, 0.25) is 0 Å². The minimum absolute atomic E-state index is 0.0457. The van der Waals surface area contributed by atoms with Crippen molar-refractivity contribution in [2.24, 2.45) is 0 Å². The SMILES string of the molecule is CC(NC(=O)c1ccc([N+](=O)[O-])s1)c1ccccn1. The second-order valence-corrected chi connectivity index (χ2v) is 4.91. The molecular weight excluding hydrogens is 266 g/mol. The van der Waals surface area contributed by atoms with Gasteiger partial charge in [-0.05, 0) is 25.1 Å². The number of nitrogens with one attached hydrogen (secondary N) is 1. The summed E-state index contributed by atoms with van der Waals surface area (Å²) in [5.41, 5.74) is 0.738. The van der Waals surface area contributed by atoms with E-state index in [1.807, 2.05) is 19.1 Å². The maximum absolute atomic E-state index is 11.9. The summed E-state index contributed by atoms with van der Waals surface area (Å²) >= 11 is 0.855. The lowest BCUT2D eigenvalue weighted by Gasteiger charge is -2.12. The van der Waals surface area contributed by atoms with E-state index in [2.05, 4.69) is 10.3 Å². The van der Waals surface area contributed by atoms with Gasteiger partial charge in [0.1, 0.15) is 0 Å².